The first-order chi connectivity index (χ1) is 25.6. The number of urea groups is 2. The van der Waals surface area contributed by atoms with Gasteiger partial charge in [-0.1, -0.05) is 12.1 Å². The van der Waals surface area contributed by atoms with Crippen molar-refractivity contribution in [2.45, 2.75) is 26.4 Å². The highest BCUT2D eigenvalue weighted by atomic mass is 16.5. The maximum atomic E-state index is 10.6. The van der Waals surface area contributed by atoms with Crippen LogP contribution in [0.15, 0.2) is 36.4 Å². The molecule has 20 heteroatoms. The van der Waals surface area contributed by atoms with Crippen LogP contribution in [0.3, 0.4) is 0 Å². The molecule has 4 amide bonds. The van der Waals surface area contributed by atoms with Gasteiger partial charge in [-0.25, -0.2) is 9.59 Å². The van der Waals surface area contributed by atoms with E-state index in [1.165, 1.54) is 0 Å². The molecule has 0 aliphatic rings. The number of benzene rings is 2. The molecular formula is C34H66N8O12-2. The monoisotopic (exact) mass is 778 g/mol. The van der Waals surface area contributed by atoms with Crippen molar-refractivity contribution in [3.05, 3.63) is 58.7 Å². The second-order valence-electron chi connectivity index (χ2n) is 11.5. The van der Waals surface area contributed by atoms with E-state index in [0.717, 1.165) is 31.9 Å². The Morgan fingerprint density at radius 1 is 0.593 bits per heavy atom. The lowest BCUT2D eigenvalue weighted by Crippen LogP contribution is -2.40. The Balaban J connectivity index is -0.000000302. The third kappa shape index (κ3) is 36.5. The van der Waals surface area contributed by atoms with Gasteiger partial charge in [-0.3, -0.25) is 14.7 Å². The summed E-state index contributed by atoms with van der Waals surface area (Å²) >= 11 is 0. The van der Waals surface area contributed by atoms with Crippen molar-refractivity contribution in [3.8, 4) is 11.5 Å². The van der Waals surface area contributed by atoms with E-state index >= 15 is 0 Å². The molecule has 0 radical (unpaired) electrons. The molecule has 0 heterocycles. The lowest BCUT2D eigenvalue weighted by atomic mass is 10.1. The molecule has 316 valence electrons. The number of hydrogen-bond acceptors (Lipinski definition) is 16. The molecule has 0 aromatic heterocycles. The first kappa shape index (κ1) is 56.8. The molecule has 0 aliphatic carbocycles. The van der Waals surface area contributed by atoms with Gasteiger partial charge in [0.1, 0.15) is 38.4 Å². The van der Waals surface area contributed by atoms with E-state index < -0.39 is 6.03 Å². The molecule has 2 aromatic rings. The zero-order valence-corrected chi connectivity index (χ0v) is 33.5. The number of nitrogens with zero attached hydrogens (tertiary/aromatic N) is 4. The van der Waals surface area contributed by atoms with Gasteiger partial charge in [0.05, 0.1) is 33.2 Å². The molecule has 0 saturated heterocycles. The number of hydrogen-bond donors (Lipinski definition) is 10. The van der Waals surface area contributed by atoms with Crippen LogP contribution in [0.2, 0.25) is 0 Å². The molecule has 0 bridgehead atoms. The number of phenols is 2. The number of carbonyl (C=O) groups excluding carboxylic acids is 2. The Bertz CT molecular complexity index is 1180. The lowest BCUT2D eigenvalue weighted by molar-refractivity contribution is -0.325. The van der Waals surface area contributed by atoms with Crippen molar-refractivity contribution in [1.82, 2.24) is 40.9 Å². The van der Waals surface area contributed by atoms with E-state index in [4.69, 9.17) is 40.1 Å². The van der Waals surface area contributed by atoms with Crippen LogP contribution in [0.25, 0.3) is 0 Å². The Kier molecular flexibility index (Phi) is 40.8. The minimum absolute atomic E-state index is 0.118. The summed E-state index contributed by atoms with van der Waals surface area (Å²) in [6.45, 7) is 1.89. The van der Waals surface area contributed by atoms with Crippen LogP contribution in [-0.4, -0.2) is 173 Å². The largest absolute Gasteiger partial charge is 0.857 e. The SMILES string of the molecule is CN(C)CNC(=O)NCO.CN(C)COCNC(=O)NCO.CN(C)COCc1ccc(O)c(CO)c1.CN(C)Cc1ccc(O)c(CO)c1.C[O-].C[O-]. The predicted molar refractivity (Wildman–Crippen MR) is 201 cm³/mol. The first-order valence-electron chi connectivity index (χ1n) is 16.2. The fraction of sp³-hybridized carbons (Fsp3) is 0.588. The van der Waals surface area contributed by atoms with Gasteiger partial charge in [0.2, 0.25) is 0 Å². The summed E-state index contributed by atoms with van der Waals surface area (Å²) in [6, 6.07) is 9.57. The smallest absolute Gasteiger partial charge is 0.318 e. The van der Waals surface area contributed by atoms with E-state index in [-0.39, 0.29) is 50.9 Å². The summed E-state index contributed by atoms with van der Waals surface area (Å²) in [5.41, 5.74) is 3.14. The van der Waals surface area contributed by atoms with Crippen LogP contribution < -0.4 is 31.5 Å². The average molecular weight is 779 g/mol. The molecule has 54 heavy (non-hydrogen) atoms. The van der Waals surface area contributed by atoms with Gasteiger partial charge in [0, 0.05) is 17.7 Å². The molecule has 0 saturated carbocycles. The Hall–Kier alpha value is -3.90. The first-order valence-corrected chi connectivity index (χ1v) is 16.2. The molecule has 2 aromatic carbocycles. The van der Waals surface area contributed by atoms with Gasteiger partial charge in [-0.2, -0.15) is 14.2 Å². The van der Waals surface area contributed by atoms with Crippen LogP contribution in [0.4, 0.5) is 9.59 Å². The van der Waals surface area contributed by atoms with E-state index in [1.54, 1.807) is 29.2 Å². The summed E-state index contributed by atoms with van der Waals surface area (Å²) in [6.07, 6.45) is 0. The third-order valence-corrected chi connectivity index (χ3v) is 5.46. The van der Waals surface area contributed by atoms with E-state index in [1.807, 2.05) is 83.2 Å². The van der Waals surface area contributed by atoms with Crippen molar-refractivity contribution >= 4 is 12.1 Å². The van der Waals surface area contributed by atoms with Crippen LogP contribution in [0.1, 0.15) is 22.3 Å². The molecule has 0 spiro atoms. The standard InChI is InChI=1S/C11H17NO3.C10H15NO2.C6H15N3O3.C5H13N3O2.2CH3O/c1-12(2)8-15-7-9-3-4-11(14)10(5-9)6-13;1-11(2)6-8-3-4-10(13)9(5-8)7-12;1-9(2)5-12-4-8-6(11)7-3-10;1-8(2)3-6-5(10)7-4-9;2*1-2/h3-5,13-14H,6-8H2,1-2H3;3-5,12-13H,6-7H2,1-2H3;10H,3-5H2,1-2H3,(H2,7,8,11);9H,3-4H2,1-2H3,(H2,6,7,10);2*1H3/q;;;;2*-1. The molecular weight excluding hydrogens is 712 g/mol. The predicted octanol–water partition coefficient (Wildman–Crippen LogP) is -2.70. The summed E-state index contributed by atoms with van der Waals surface area (Å²) in [7, 11) is 16.7. The van der Waals surface area contributed by atoms with E-state index in [0.29, 0.717) is 37.9 Å². The van der Waals surface area contributed by atoms with Gasteiger partial charge in [-0.15, -0.1) is 0 Å². The van der Waals surface area contributed by atoms with Crippen molar-refractivity contribution in [3.63, 3.8) is 0 Å². The summed E-state index contributed by atoms with van der Waals surface area (Å²) in [5, 5.41) is 78.7. The highest BCUT2D eigenvalue weighted by Gasteiger charge is 2.03. The van der Waals surface area contributed by atoms with E-state index in [9.17, 15) is 19.8 Å². The second kappa shape index (κ2) is 38.8. The highest BCUT2D eigenvalue weighted by molar-refractivity contribution is 5.73. The molecule has 0 atom stereocenters. The molecule has 0 aliphatic heterocycles. The summed E-state index contributed by atoms with van der Waals surface area (Å²) in [4.78, 5) is 28.7. The number of amides is 4. The van der Waals surface area contributed by atoms with Crippen molar-refractivity contribution in [2.75, 3.05) is 111 Å². The van der Waals surface area contributed by atoms with Gasteiger partial charge < -0.3 is 76.5 Å². The Labute approximate surface area is 320 Å². The van der Waals surface area contributed by atoms with Crippen molar-refractivity contribution in [2.24, 2.45) is 0 Å². The Morgan fingerprint density at radius 2 is 1.02 bits per heavy atom. The van der Waals surface area contributed by atoms with Gasteiger partial charge >= 0.3 is 12.1 Å². The Morgan fingerprint density at radius 3 is 1.43 bits per heavy atom. The van der Waals surface area contributed by atoms with Crippen molar-refractivity contribution < 1.29 is 59.9 Å². The number of aliphatic hydroxyl groups excluding tert-OH is 4. The van der Waals surface area contributed by atoms with Crippen molar-refractivity contribution in [1.29, 1.82) is 0 Å². The zero-order valence-electron chi connectivity index (χ0n) is 33.5. The highest BCUT2D eigenvalue weighted by Crippen LogP contribution is 2.19. The number of aromatic hydroxyl groups is 2. The van der Waals surface area contributed by atoms with Crippen LogP contribution in [0.5, 0.6) is 11.5 Å². The van der Waals surface area contributed by atoms with Gasteiger partial charge in [0.15, 0.2) is 0 Å². The summed E-state index contributed by atoms with van der Waals surface area (Å²) in [5.74, 6) is 0.277. The van der Waals surface area contributed by atoms with Crippen LogP contribution in [0, 0.1) is 0 Å². The fourth-order valence-electron chi connectivity index (χ4n) is 3.27. The molecule has 0 unspecified atom stereocenters. The summed E-state index contributed by atoms with van der Waals surface area (Å²) < 4.78 is 10.4. The number of aliphatic hydroxyl groups is 4. The maximum absolute atomic E-state index is 10.6. The van der Waals surface area contributed by atoms with E-state index in [2.05, 4.69) is 21.3 Å². The second-order valence-corrected chi connectivity index (χ2v) is 11.5. The quantitative estimate of drug-likeness (QED) is 0.0613. The van der Waals surface area contributed by atoms with Crippen LogP contribution in [-0.2, 0) is 35.8 Å². The molecule has 10 N–H and O–H groups in total. The zero-order chi connectivity index (χ0) is 42.5. The molecule has 2 rings (SSSR count). The molecule has 20 nitrogen and oxygen atoms in total. The number of ether oxygens (including phenoxy) is 2. The third-order valence-electron chi connectivity index (χ3n) is 5.46. The van der Waals surface area contributed by atoms with Gasteiger partial charge in [-0.05, 0) is 91.8 Å². The minimum atomic E-state index is -0.448. The number of nitrogens with one attached hydrogen (secondary N) is 4. The number of carbonyl (C=O) groups is 2. The normalized spacial score (nSPS) is 9.85. The maximum Gasteiger partial charge on any atom is 0.318 e. The fourth-order valence-corrected chi connectivity index (χ4v) is 3.27. The molecule has 0 fully saturated rings. The van der Waals surface area contributed by atoms with Crippen LogP contribution >= 0.6 is 0 Å². The number of rotatable bonds is 16. The van der Waals surface area contributed by atoms with Gasteiger partial charge in [0.25, 0.3) is 0 Å². The average Bonchev–Trinajstić information content (AvgIpc) is 3.13. The lowest BCUT2D eigenvalue weighted by Gasteiger charge is -2.11. The minimum Gasteiger partial charge on any atom is -0.857 e. The topological polar surface area (TPSA) is 281 Å².